The van der Waals surface area contributed by atoms with E-state index in [1.54, 1.807) is 6.20 Å². The first kappa shape index (κ1) is 18.7. The molecule has 2 aromatic carbocycles. The van der Waals surface area contributed by atoms with Crippen LogP contribution in [0.1, 0.15) is 16.7 Å². The Morgan fingerprint density at radius 1 is 0.963 bits per heavy atom. The number of anilines is 3. The van der Waals surface area contributed by atoms with Crippen LogP contribution in [0.15, 0.2) is 54.9 Å². The minimum absolute atomic E-state index is 0.291. The molecule has 0 saturated heterocycles. The number of aryl methyl sites for hydroxylation is 2. The fourth-order valence-corrected chi connectivity index (χ4v) is 2.67. The van der Waals surface area contributed by atoms with Gasteiger partial charge in [0.25, 0.3) is 0 Å². The molecule has 6 nitrogen and oxygen atoms in total. The van der Waals surface area contributed by atoms with Gasteiger partial charge in [-0.2, -0.15) is 0 Å². The first-order chi connectivity index (χ1) is 13.0. The highest BCUT2D eigenvalue weighted by atomic mass is 35.5. The van der Waals surface area contributed by atoms with Crippen molar-refractivity contribution in [1.82, 2.24) is 9.97 Å². The molecule has 0 aliphatic heterocycles. The minimum atomic E-state index is -0.291. The smallest absolute Gasteiger partial charge is 0.323 e. The SMILES string of the molecule is Cc1ccc(NC(=O)Nc2cccc(CNc3nccnc3Cl)c2)cc1C. The summed E-state index contributed by atoms with van der Waals surface area (Å²) in [5, 5.41) is 9.13. The Morgan fingerprint density at radius 2 is 1.70 bits per heavy atom. The number of benzene rings is 2. The van der Waals surface area contributed by atoms with Crippen molar-refractivity contribution >= 4 is 34.8 Å². The lowest BCUT2D eigenvalue weighted by Gasteiger charge is -2.11. The molecular formula is C20H20ClN5O. The number of nitrogens with one attached hydrogen (secondary N) is 3. The molecule has 3 aromatic rings. The summed E-state index contributed by atoms with van der Waals surface area (Å²) in [4.78, 5) is 20.4. The largest absolute Gasteiger partial charge is 0.363 e. The second kappa shape index (κ2) is 8.51. The number of carbonyl (C=O) groups excluding carboxylic acids is 1. The Balaban J connectivity index is 1.60. The molecule has 0 spiro atoms. The number of aromatic nitrogens is 2. The fraction of sp³-hybridized carbons (Fsp3) is 0.150. The Bertz CT molecular complexity index is 961. The molecule has 27 heavy (non-hydrogen) atoms. The van der Waals surface area contributed by atoms with Crippen molar-refractivity contribution in [2.24, 2.45) is 0 Å². The van der Waals surface area contributed by atoms with Gasteiger partial charge in [-0.15, -0.1) is 0 Å². The van der Waals surface area contributed by atoms with Crippen molar-refractivity contribution in [3.8, 4) is 0 Å². The molecule has 0 radical (unpaired) electrons. The lowest BCUT2D eigenvalue weighted by Crippen LogP contribution is -2.19. The third-order valence-corrected chi connectivity index (χ3v) is 4.34. The fourth-order valence-electron chi connectivity index (χ4n) is 2.50. The van der Waals surface area contributed by atoms with Gasteiger partial charge in [-0.3, -0.25) is 0 Å². The van der Waals surface area contributed by atoms with Crippen molar-refractivity contribution in [2.75, 3.05) is 16.0 Å². The van der Waals surface area contributed by atoms with Gasteiger partial charge in [0.15, 0.2) is 11.0 Å². The van der Waals surface area contributed by atoms with Crippen LogP contribution in [-0.2, 0) is 6.54 Å². The molecule has 138 valence electrons. The maximum absolute atomic E-state index is 12.2. The molecule has 0 atom stereocenters. The van der Waals surface area contributed by atoms with Crippen molar-refractivity contribution in [1.29, 1.82) is 0 Å². The van der Waals surface area contributed by atoms with E-state index >= 15 is 0 Å². The van der Waals surface area contributed by atoms with Crippen molar-refractivity contribution in [2.45, 2.75) is 20.4 Å². The van der Waals surface area contributed by atoms with Gasteiger partial charge in [-0.25, -0.2) is 14.8 Å². The second-order valence-corrected chi connectivity index (χ2v) is 6.49. The van der Waals surface area contributed by atoms with Crippen LogP contribution in [0, 0.1) is 13.8 Å². The van der Waals surface area contributed by atoms with Gasteiger partial charge in [-0.05, 0) is 54.8 Å². The summed E-state index contributed by atoms with van der Waals surface area (Å²) in [6.07, 6.45) is 3.11. The van der Waals surface area contributed by atoms with E-state index in [1.165, 1.54) is 11.8 Å². The van der Waals surface area contributed by atoms with Gasteiger partial charge in [0, 0.05) is 30.3 Å². The van der Waals surface area contributed by atoms with Gasteiger partial charge < -0.3 is 16.0 Å². The molecule has 0 aliphatic carbocycles. The van der Waals surface area contributed by atoms with Gasteiger partial charge >= 0.3 is 6.03 Å². The number of amides is 2. The summed E-state index contributed by atoms with van der Waals surface area (Å²) in [6, 6.07) is 13.1. The molecular weight excluding hydrogens is 362 g/mol. The highest BCUT2D eigenvalue weighted by Gasteiger charge is 2.06. The monoisotopic (exact) mass is 381 g/mol. The van der Waals surface area contributed by atoms with Crippen LogP contribution < -0.4 is 16.0 Å². The lowest BCUT2D eigenvalue weighted by atomic mass is 10.1. The summed E-state index contributed by atoms with van der Waals surface area (Å²) in [5.41, 5.74) is 4.74. The molecule has 7 heteroatoms. The third-order valence-electron chi connectivity index (χ3n) is 4.06. The van der Waals surface area contributed by atoms with E-state index in [9.17, 15) is 4.79 Å². The van der Waals surface area contributed by atoms with E-state index in [4.69, 9.17) is 11.6 Å². The van der Waals surface area contributed by atoms with E-state index in [-0.39, 0.29) is 6.03 Å². The summed E-state index contributed by atoms with van der Waals surface area (Å²) in [7, 11) is 0. The maximum Gasteiger partial charge on any atom is 0.323 e. The Hall–Kier alpha value is -3.12. The van der Waals surface area contributed by atoms with Gasteiger partial charge in [-0.1, -0.05) is 29.8 Å². The summed E-state index contributed by atoms with van der Waals surface area (Å²) in [6.45, 7) is 4.55. The molecule has 0 unspecified atom stereocenters. The molecule has 0 fully saturated rings. The quantitative estimate of drug-likeness (QED) is 0.580. The zero-order valence-corrected chi connectivity index (χ0v) is 15.8. The first-order valence-electron chi connectivity index (χ1n) is 8.46. The molecule has 3 rings (SSSR count). The first-order valence-corrected chi connectivity index (χ1v) is 8.83. The predicted octanol–water partition coefficient (Wildman–Crippen LogP) is 5.00. The van der Waals surface area contributed by atoms with Gasteiger partial charge in [0.1, 0.15) is 0 Å². The number of halogens is 1. The number of carbonyl (C=O) groups is 1. The van der Waals surface area contributed by atoms with Crippen LogP contribution in [0.25, 0.3) is 0 Å². The molecule has 1 heterocycles. The normalized spacial score (nSPS) is 10.3. The Kier molecular flexibility index (Phi) is 5.88. The molecule has 0 saturated carbocycles. The van der Waals surface area contributed by atoms with E-state index in [2.05, 4.69) is 25.9 Å². The number of rotatable bonds is 5. The highest BCUT2D eigenvalue weighted by molar-refractivity contribution is 6.31. The molecule has 2 amide bonds. The van der Waals surface area contributed by atoms with E-state index in [1.807, 2.05) is 56.3 Å². The predicted molar refractivity (Wildman–Crippen MR) is 109 cm³/mol. The highest BCUT2D eigenvalue weighted by Crippen LogP contribution is 2.18. The summed E-state index contributed by atoms with van der Waals surface area (Å²) in [5.74, 6) is 0.519. The average molecular weight is 382 g/mol. The number of hydrogen-bond acceptors (Lipinski definition) is 4. The van der Waals surface area contributed by atoms with Crippen LogP contribution in [0.5, 0.6) is 0 Å². The molecule has 0 aliphatic rings. The van der Waals surface area contributed by atoms with Crippen molar-refractivity contribution < 1.29 is 4.79 Å². The van der Waals surface area contributed by atoms with Crippen molar-refractivity contribution in [3.05, 3.63) is 76.7 Å². The molecule has 0 bridgehead atoms. The molecule has 3 N–H and O–H groups in total. The zero-order valence-electron chi connectivity index (χ0n) is 15.1. The van der Waals surface area contributed by atoms with Crippen LogP contribution in [0.4, 0.5) is 22.0 Å². The summed E-state index contributed by atoms with van der Waals surface area (Å²) >= 11 is 5.99. The lowest BCUT2D eigenvalue weighted by molar-refractivity contribution is 0.262. The zero-order chi connectivity index (χ0) is 19.2. The van der Waals surface area contributed by atoms with Crippen LogP contribution in [-0.4, -0.2) is 16.0 Å². The van der Waals surface area contributed by atoms with E-state index in [0.717, 1.165) is 16.8 Å². The Morgan fingerprint density at radius 3 is 2.44 bits per heavy atom. The van der Waals surface area contributed by atoms with E-state index in [0.29, 0.717) is 23.2 Å². The summed E-state index contributed by atoms with van der Waals surface area (Å²) < 4.78 is 0. The number of hydrogen-bond donors (Lipinski definition) is 3. The van der Waals surface area contributed by atoms with Crippen LogP contribution >= 0.6 is 11.6 Å². The minimum Gasteiger partial charge on any atom is -0.363 e. The van der Waals surface area contributed by atoms with Crippen LogP contribution in [0.3, 0.4) is 0 Å². The maximum atomic E-state index is 12.2. The number of nitrogens with zero attached hydrogens (tertiary/aromatic N) is 2. The molecule has 1 aromatic heterocycles. The van der Waals surface area contributed by atoms with Crippen LogP contribution in [0.2, 0.25) is 5.15 Å². The van der Waals surface area contributed by atoms with Gasteiger partial charge in [0.2, 0.25) is 0 Å². The average Bonchev–Trinajstić information content (AvgIpc) is 2.64. The topological polar surface area (TPSA) is 78.9 Å². The second-order valence-electron chi connectivity index (χ2n) is 6.13. The number of urea groups is 1. The van der Waals surface area contributed by atoms with E-state index < -0.39 is 0 Å². The standard InChI is InChI=1S/C20H20ClN5O/c1-13-6-7-17(10-14(13)2)26-20(27)25-16-5-3-4-15(11-16)12-24-19-18(21)22-8-9-23-19/h3-11H,12H2,1-2H3,(H,23,24)(H2,25,26,27). The third kappa shape index (κ3) is 5.18. The van der Waals surface area contributed by atoms with Gasteiger partial charge in [0.05, 0.1) is 0 Å². The Labute approximate surface area is 163 Å². The van der Waals surface area contributed by atoms with Crippen molar-refractivity contribution in [3.63, 3.8) is 0 Å².